The van der Waals surface area contributed by atoms with Crippen LogP contribution < -0.4 is 15.2 Å². The summed E-state index contributed by atoms with van der Waals surface area (Å²) in [5.41, 5.74) is 2.96. The first kappa shape index (κ1) is 20.7. The van der Waals surface area contributed by atoms with Crippen LogP contribution in [0.25, 0.3) is 12.2 Å². The van der Waals surface area contributed by atoms with Gasteiger partial charge in [-0.05, 0) is 23.3 Å². The number of rotatable bonds is 9. The third kappa shape index (κ3) is 8.09. The minimum atomic E-state index is -0.0748. The molecule has 1 heterocycles. The second kappa shape index (κ2) is 11.2. The summed E-state index contributed by atoms with van der Waals surface area (Å²) >= 11 is 4.07. The Balaban J connectivity index is 1.81. The van der Waals surface area contributed by atoms with Crippen LogP contribution in [0, 0.1) is 0 Å². The number of carbonyl (C=O) groups is 2. The standard InChI is InChI=1S/C21H25N3O2S/c1-17(25)23-20-8-6-18(7-9-20)4-5-19-10-14-24(15-11-19)13-2-3-21(26)22-12-16-27/h4-11,14-15H,2-3,12-13,16H2,1H3,(H2,22,26,27)/p+1. The van der Waals surface area contributed by atoms with Crippen molar-refractivity contribution in [2.75, 3.05) is 17.6 Å². The van der Waals surface area contributed by atoms with E-state index in [0.29, 0.717) is 18.7 Å². The molecule has 2 aromatic rings. The smallest absolute Gasteiger partial charge is 0.221 e. The fourth-order valence-corrected chi connectivity index (χ4v) is 2.62. The number of thiol groups is 1. The minimum Gasteiger partial charge on any atom is -0.355 e. The molecule has 1 aromatic heterocycles. The van der Waals surface area contributed by atoms with Crippen molar-refractivity contribution >= 4 is 42.3 Å². The SMILES string of the molecule is CC(=O)Nc1ccc(/C=C/c2cc[n+](CCCC(=O)NCCS)cc2)cc1. The van der Waals surface area contributed by atoms with E-state index in [0.717, 1.165) is 29.8 Å². The van der Waals surface area contributed by atoms with E-state index >= 15 is 0 Å². The van der Waals surface area contributed by atoms with Gasteiger partial charge in [-0.25, -0.2) is 4.57 Å². The first-order chi connectivity index (χ1) is 13.1. The molecule has 0 unspecified atom stereocenters. The van der Waals surface area contributed by atoms with E-state index in [1.54, 1.807) is 0 Å². The third-order valence-electron chi connectivity index (χ3n) is 3.87. The Labute approximate surface area is 165 Å². The van der Waals surface area contributed by atoms with Crippen LogP contribution in [0.3, 0.4) is 0 Å². The summed E-state index contributed by atoms with van der Waals surface area (Å²) in [6.45, 7) is 2.92. The van der Waals surface area contributed by atoms with Gasteiger partial charge in [0, 0.05) is 49.9 Å². The van der Waals surface area contributed by atoms with Crippen molar-refractivity contribution in [1.82, 2.24) is 5.32 Å². The molecule has 0 saturated carbocycles. The highest BCUT2D eigenvalue weighted by atomic mass is 32.1. The maximum atomic E-state index is 11.6. The number of aromatic nitrogens is 1. The molecule has 0 aliphatic carbocycles. The van der Waals surface area contributed by atoms with Crippen molar-refractivity contribution in [3.63, 3.8) is 0 Å². The molecule has 6 heteroatoms. The Morgan fingerprint density at radius 1 is 1.04 bits per heavy atom. The minimum absolute atomic E-state index is 0.0748. The van der Waals surface area contributed by atoms with Gasteiger partial charge in [0.1, 0.15) is 6.54 Å². The van der Waals surface area contributed by atoms with Crippen LogP contribution in [0.4, 0.5) is 5.69 Å². The highest BCUT2D eigenvalue weighted by molar-refractivity contribution is 7.80. The first-order valence-corrected chi connectivity index (χ1v) is 9.62. The number of hydrogen-bond acceptors (Lipinski definition) is 3. The van der Waals surface area contributed by atoms with Crippen molar-refractivity contribution in [2.24, 2.45) is 0 Å². The lowest BCUT2D eigenvalue weighted by atomic mass is 10.1. The molecular weight excluding hydrogens is 358 g/mol. The van der Waals surface area contributed by atoms with E-state index in [-0.39, 0.29) is 11.8 Å². The molecule has 142 valence electrons. The van der Waals surface area contributed by atoms with Crippen molar-refractivity contribution < 1.29 is 14.2 Å². The van der Waals surface area contributed by atoms with Gasteiger partial charge in [0.15, 0.2) is 12.4 Å². The fourth-order valence-electron chi connectivity index (χ4n) is 2.51. The Morgan fingerprint density at radius 2 is 1.67 bits per heavy atom. The lowest BCUT2D eigenvalue weighted by Crippen LogP contribution is -2.33. The average molecular weight is 385 g/mol. The van der Waals surface area contributed by atoms with Gasteiger partial charge in [0.25, 0.3) is 0 Å². The van der Waals surface area contributed by atoms with Gasteiger partial charge in [-0.1, -0.05) is 24.3 Å². The zero-order valence-corrected chi connectivity index (χ0v) is 16.4. The van der Waals surface area contributed by atoms with Gasteiger partial charge in [0.05, 0.1) is 0 Å². The predicted molar refractivity (Wildman–Crippen MR) is 112 cm³/mol. The Hall–Kier alpha value is -2.60. The van der Waals surface area contributed by atoms with Gasteiger partial charge in [-0.15, -0.1) is 0 Å². The van der Waals surface area contributed by atoms with E-state index in [1.807, 2.05) is 60.9 Å². The lowest BCUT2D eigenvalue weighted by molar-refractivity contribution is -0.697. The van der Waals surface area contributed by atoms with E-state index < -0.39 is 0 Å². The molecule has 2 N–H and O–H groups in total. The molecule has 0 radical (unpaired) electrons. The summed E-state index contributed by atoms with van der Waals surface area (Å²) in [6.07, 6.45) is 9.44. The average Bonchev–Trinajstić information content (AvgIpc) is 2.66. The van der Waals surface area contributed by atoms with Gasteiger partial charge < -0.3 is 10.6 Å². The van der Waals surface area contributed by atoms with Crippen LogP contribution >= 0.6 is 12.6 Å². The molecule has 0 aliphatic heterocycles. The molecule has 5 nitrogen and oxygen atoms in total. The Bertz CT molecular complexity index is 771. The third-order valence-corrected chi connectivity index (χ3v) is 4.09. The molecule has 0 aliphatic rings. The molecule has 2 rings (SSSR count). The zero-order valence-electron chi connectivity index (χ0n) is 15.5. The summed E-state index contributed by atoms with van der Waals surface area (Å²) in [5, 5.41) is 5.57. The van der Waals surface area contributed by atoms with Crippen LogP contribution in [0.5, 0.6) is 0 Å². The molecule has 0 atom stereocenters. The highest BCUT2D eigenvalue weighted by Crippen LogP contribution is 2.12. The molecular formula is C21H26N3O2S+. The molecule has 27 heavy (non-hydrogen) atoms. The summed E-state index contributed by atoms with van der Waals surface area (Å²) in [7, 11) is 0. The van der Waals surface area contributed by atoms with Gasteiger partial charge in [-0.3, -0.25) is 9.59 Å². The maximum absolute atomic E-state index is 11.6. The number of amides is 2. The summed E-state index contributed by atoms with van der Waals surface area (Å²) in [6, 6.07) is 11.8. The van der Waals surface area contributed by atoms with E-state index in [9.17, 15) is 9.59 Å². The fraction of sp³-hybridized carbons (Fsp3) is 0.286. The van der Waals surface area contributed by atoms with Crippen LogP contribution in [0.1, 0.15) is 30.9 Å². The van der Waals surface area contributed by atoms with Crippen molar-refractivity contribution in [3.8, 4) is 0 Å². The van der Waals surface area contributed by atoms with E-state index in [2.05, 4.69) is 27.8 Å². The summed E-state index contributed by atoms with van der Waals surface area (Å²) in [5.74, 6) is 0.664. The largest absolute Gasteiger partial charge is 0.355 e. The zero-order chi connectivity index (χ0) is 19.5. The Morgan fingerprint density at radius 3 is 2.26 bits per heavy atom. The number of benzene rings is 1. The van der Waals surface area contributed by atoms with E-state index in [4.69, 9.17) is 0 Å². The summed E-state index contributed by atoms with van der Waals surface area (Å²) < 4.78 is 2.07. The van der Waals surface area contributed by atoms with E-state index in [1.165, 1.54) is 6.92 Å². The molecule has 0 bridgehead atoms. The molecule has 1 aromatic carbocycles. The Kier molecular flexibility index (Phi) is 8.58. The quantitative estimate of drug-likeness (QED) is 0.460. The second-order valence-corrected chi connectivity index (χ2v) is 6.63. The number of pyridine rings is 1. The summed E-state index contributed by atoms with van der Waals surface area (Å²) in [4.78, 5) is 22.6. The number of nitrogens with one attached hydrogen (secondary N) is 2. The highest BCUT2D eigenvalue weighted by Gasteiger charge is 2.04. The van der Waals surface area contributed by atoms with Gasteiger partial charge in [-0.2, -0.15) is 12.6 Å². The number of hydrogen-bond donors (Lipinski definition) is 3. The van der Waals surface area contributed by atoms with Crippen LogP contribution in [-0.2, 0) is 16.1 Å². The normalized spacial score (nSPS) is 10.7. The van der Waals surface area contributed by atoms with Crippen molar-refractivity contribution in [1.29, 1.82) is 0 Å². The first-order valence-electron chi connectivity index (χ1n) is 8.99. The van der Waals surface area contributed by atoms with Crippen LogP contribution in [0.15, 0.2) is 48.8 Å². The molecule has 0 spiro atoms. The monoisotopic (exact) mass is 384 g/mol. The number of nitrogens with zero attached hydrogens (tertiary/aromatic N) is 1. The second-order valence-electron chi connectivity index (χ2n) is 6.18. The van der Waals surface area contributed by atoms with Crippen molar-refractivity contribution in [3.05, 3.63) is 59.9 Å². The van der Waals surface area contributed by atoms with Gasteiger partial charge in [0.2, 0.25) is 11.8 Å². The number of aryl methyl sites for hydroxylation is 1. The predicted octanol–water partition coefficient (Wildman–Crippen LogP) is 2.93. The lowest BCUT2D eigenvalue weighted by Gasteiger charge is -2.02. The molecule has 0 saturated heterocycles. The molecule has 0 fully saturated rings. The van der Waals surface area contributed by atoms with Crippen LogP contribution in [0.2, 0.25) is 0 Å². The maximum Gasteiger partial charge on any atom is 0.221 e. The number of carbonyl (C=O) groups excluding carboxylic acids is 2. The topological polar surface area (TPSA) is 62.1 Å². The van der Waals surface area contributed by atoms with Crippen molar-refractivity contribution in [2.45, 2.75) is 26.3 Å². The molecule has 2 amide bonds. The van der Waals surface area contributed by atoms with Crippen LogP contribution in [-0.4, -0.2) is 24.1 Å². The van der Waals surface area contributed by atoms with Gasteiger partial charge >= 0.3 is 0 Å². The number of anilines is 1.